The van der Waals surface area contributed by atoms with E-state index in [1.165, 1.54) is 12.1 Å². The fourth-order valence-electron chi connectivity index (χ4n) is 3.11. The third-order valence-electron chi connectivity index (χ3n) is 4.77. The molecule has 39 heavy (non-hydrogen) atoms. The van der Waals surface area contributed by atoms with E-state index in [1.807, 2.05) is 0 Å². The Morgan fingerprint density at radius 3 is 2.08 bits per heavy atom. The fourth-order valence-corrected chi connectivity index (χ4v) is 5.88. The molecule has 3 rings (SSSR count). The summed E-state index contributed by atoms with van der Waals surface area (Å²) in [5, 5.41) is 17.6. The summed E-state index contributed by atoms with van der Waals surface area (Å²) in [5.74, 6) is -1.72. The van der Waals surface area contributed by atoms with Gasteiger partial charge in [-0.3, -0.25) is 9.11 Å². The number of fused-ring (bicyclic) bond motifs is 1. The van der Waals surface area contributed by atoms with Crippen LogP contribution in [-0.4, -0.2) is 64.8 Å². The number of hydrogen-bond acceptors (Lipinski definition) is 14. The van der Waals surface area contributed by atoms with E-state index in [4.69, 9.17) is 10.3 Å². The maximum absolute atomic E-state index is 12.4. The Hall–Kier alpha value is -2.24. The molecule has 0 heterocycles. The molecule has 16 nitrogen and oxygen atoms in total. The number of anilines is 1. The van der Waals surface area contributed by atoms with Crippen molar-refractivity contribution in [3.63, 3.8) is 0 Å². The van der Waals surface area contributed by atoms with Crippen molar-refractivity contribution in [3.8, 4) is 5.75 Å². The first-order chi connectivity index (χ1) is 17.3. The van der Waals surface area contributed by atoms with Gasteiger partial charge in [-0.2, -0.15) is 16.8 Å². The van der Waals surface area contributed by atoms with E-state index in [-0.39, 0.29) is 51.7 Å². The van der Waals surface area contributed by atoms with Crippen LogP contribution < -0.4 is 35.3 Å². The van der Waals surface area contributed by atoms with Gasteiger partial charge in [-0.05, 0) is 41.8 Å². The van der Waals surface area contributed by atoms with Crippen LogP contribution in [0.15, 0.2) is 67.4 Å². The van der Waals surface area contributed by atoms with Crippen LogP contribution in [0.25, 0.3) is 10.8 Å². The van der Waals surface area contributed by atoms with E-state index < -0.39 is 79.0 Å². The number of azo groups is 1. The summed E-state index contributed by atoms with van der Waals surface area (Å²) in [5.41, 5.74) is 4.87. The summed E-state index contributed by atoms with van der Waals surface area (Å²) in [6, 6.07) is 6.30. The van der Waals surface area contributed by atoms with Gasteiger partial charge in [0, 0.05) is 0 Å². The number of nitrogens with zero attached hydrogens (tertiary/aromatic N) is 2. The predicted octanol–water partition coefficient (Wildman–Crippen LogP) is -1.71. The van der Waals surface area contributed by atoms with E-state index in [2.05, 4.69) is 14.4 Å². The normalized spacial score (nSPS) is 13.0. The molecule has 3 aromatic carbocycles. The quantitative estimate of drug-likeness (QED) is 0.0884. The van der Waals surface area contributed by atoms with E-state index >= 15 is 0 Å². The molecule has 0 fully saturated rings. The first-order valence-corrected chi connectivity index (χ1v) is 15.6. The second-order valence-corrected chi connectivity index (χ2v) is 13.3. The Bertz CT molecular complexity index is 1910. The largest absolute Gasteiger partial charge is 1.00 e. The van der Waals surface area contributed by atoms with E-state index in [0.717, 1.165) is 18.2 Å². The molecule has 0 aliphatic carbocycles. The van der Waals surface area contributed by atoms with Gasteiger partial charge >= 0.3 is 40.0 Å². The Kier molecular flexibility index (Phi) is 9.89. The van der Waals surface area contributed by atoms with Gasteiger partial charge in [-0.1, -0.05) is 6.07 Å². The summed E-state index contributed by atoms with van der Waals surface area (Å²) >= 11 is 0. The zero-order valence-corrected chi connectivity index (χ0v) is 24.8. The Labute approximate surface area is 244 Å². The van der Waals surface area contributed by atoms with Gasteiger partial charge in [0.15, 0.2) is 9.84 Å². The number of benzene rings is 3. The molecule has 0 aromatic heterocycles. The molecule has 206 valence electrons. The third kappa shape index (κ3) is 8.14. The van der Waals surface area contributed by atoms with Crippen LogP contribution >= 0.6 is 0 Å². The molecule has 3 aromatic rings. The maximum atomic E-state index is 12.4. The zero-order valence-electron chi connectivity index (χ0n) is 19.5. The number of nitrogen functional groups attached to an aromatic ring is 1. The minimum absolute atomic E-state index is 0. The van der Waals surface area contributed by atoms with Crippen LogP contribution in [0, 0.1) is 0 Å². The van der Waals surface area contributed by atoms with Crippen LogP contribution in [0.4, 0.5) is 17.1 Å². The number of phenols is 1. The van der Waals surface area contributed by atoms with Crippen LogP contribution in [0.3, 0.4) is 0 Å². The monoisotopic (exact) mass is 633 g/mol. The average molecular weight is 634 g/mol. The molecule has 0 radical (unpaired) electrons. The molecular formula is C18H16N3NaO13S4. The van der Waals surface area contributed by atoms with Gasteiger partial charge in [0.05, 0.1) is 33.2 Å². The molecule has 21 heteroatoms. The molecular weight excluding hydrogens is 617 g/mol. The van der Waals surface area contributed by atoms with Crippen molar-refractivity contribution in [2.24, 2.45) is 10.2 Å². The van der Waals surface area contributed by atoms with Gasteiger partial charge in [0.2, 0.25) is 0 Å². The number of aromatic hydroxyl groups is 1. The van der Waals surface area contributed by atoms with Gasteiger partial charge < -0.3 is 15.4 Å². The van der Waals surface area contributed by atoms with E-state index in [0.29, 0.717) is 12.1 Å². The van der Waals surface area contributed by atoms with Crippen molar-refractivity contribution >= 4 is 68.3 Å². The third-order valence-corrected chi connectivity index (χ3v) is 8.61. The molecule has 0 aliphatic heterocycles. The first kappa shape index (κ1) is 33.0. The molecule has 0 saturated heterocycles. The second kappa shape index (κ2) is 11.7. The Morgan fingerprint density at radius 2 is 1.51 bits per heavy atom. The fraction of sp³-hybridized carbons (Fsp3) is 0.111. The number of rotatable bonds is 9. The van der Waals surface area contributed by atoms with Crippen molar-refractivity contribution < 1.29 is 86.2 Å². The minimum Gasteiger partial charge on any atom is -0.744 e. The SMILES string of the molecule is Nc1ccc2cc(S(=O)(=O)[O-])cc(O)c2c1N=Nc1ccc(S(=O)(=O)CCOS(=O)(=O)O)cc1S(=O)(=O)O.[Na+]. The molecule has 5 N–H and O–H groups in total. The summed E-state index contributed by atoms with van der Waals surface area (Å²) in [4.78, 5) is -2.46. The zero-order chi connectivity index (χ0) is 28.7. The van der Waals surface area contributed by atoms with Crippen LogP contribution in [0.1, 0.15) is 0 Å². The predicted molar refractivity (Wildman–Crippen MR) is 128 cm³/mol. The Morgan fingerprint density at radius 1 is 0.872 bits per heavy atom. The molecule has 0 bridgehead atoms. The number of phenolic OH excluding ortho intramolecular Hbond substituents is 1. The van der Waals surface area contributed by atoms with Gasteiger partial charge in [-0.25, -0.2) is 21.0 Å². The summed E-state index contributed by atoms with van der Waals surface area (Å²) < 4.78 is 126. The van der Waals surface area contributed by atoms with Crippen LogP contribution in [-0.2, 0) is 44.7 Å². The van der Waals surface area contributed by atoms with Crippen molar-refractivity contribution in [1.29, 1.82) is 0 Å². The van der Waals surface area contributed by atoms with Crippen molar-refractivity contribution in [2.75, 3.05) is 18.1 Å². The molecule has 0 unspecified atom stereocenters. The molecule has 0 atom stereocenters. The smallest absolute Gasteiger partial charge is 0.744 e. The average Bonchev–Trinajstić information content (AvgIpc) is 2.76. The number of hydrogen-bond donors (Lipinski definition) is 4. The van der Waals surface area contributed by atoms with E-state index in [9.17, 15) is 47.9 Å². The topological polar surface area (TPSA) is 280 Å². The van der Waals surface area contributed by atoms with Crippen molar-refractivity contribution in [3.05, 3.63) is 42.5 Å². The maximum Gasteiger partial charge on any atom is 1.00 e. The van der Waals surface area contributed by atoms with Gasteiger partial charge in [0.1, 0.15) is 32.1 Å². The van der Waals surface area contributed by atoms with Gasteiger partial charge in [0.25, 0.3) is 10.1 Å². The molecule has 0 amide bonds. The molecule has 0 aliphatic rings. The van der Waals surface area contributed by atoms with Crippen molar-refractivity contribution in [1.82, 2.24) is 0 Å². The van der Waals surface area contributed by atoms with E-state index in [1.54, 1.807) is 0 Å². The molecule has 0 spiro atoms. The van der Waals surface area contributed by atoms with Gasteiger partial charge in [-0.15, -0.1) is 10.2 Å². The summed E-state index contributed by atoms with van der Waals surface area (Å²) in [7, 11) is -19.4. The summed E-state index contributed by atoms with van der Waals surface area (Å²) in [6.07, 6.45) is 0. The minimum atomic E-state index is -5.11. The molecule has 0 saturated carbocycles. The standard InChI is InChI=1S/C18H17N3O13S4.Na/c19-13-3-1-10-7-12(36(25,26)27)8-15(22)17(10)18(13)21-20-14-4-2-11(9-16(14)37(28,29)30)35(23,24)6-5-34-38(31,32)33;/h1-4,7-9,22H,5-6,19H2,(H,25,26,27)(H,28,29,30)(H,31,32,33);/q;+1/p-1. The second-order valence-electron chi connectivity index (χ2n) is 7.37. The van der Waals surface area contributed by atoms with Crippen LogP contribution in [0.5, 0.6) is 5.75 Å². The first-order valence-electron chi connectivity index (χ1n) is 9.68. The number of nitrogens with two attached hydrogens (primary N) is 1. The van der Waals surface area contributed by atoms with Crippen LogP contribution in [0.2, 0.25) is 0 Å². The van der Waals surface area contributed by atoms with Crippen molar-refractivity contribution in [2.45, 2.75) is 14.7 Å². The number of sulfone groups is 1. The Balaban J connectivity index is 0.00000533. The summed E-state index contributed by atoms with van der Waals surface area (Å²) in [6.45, 7) is -0.997.